The quantitative estimate of drug-likeness (QED) is 0.681. The molecule has 2 unspecified atom stereocenters. The van der Waals surface area contributed by atoms with E-state index in [1.807, 2.05) is 19.9 Å². The lowest BCUT2D eigenvalue weighted by Crippen LogP contribution is -2.55. The number of hydrogen-bond donors (Lipinski definition) is 1. The molecule has 4 nitrogen and oxygen atoms in total. The van der Waals surface area contributed by atoms with Crippen LogP contribution < -0.4 is 0 Å². The van der Waals surface area contributed by atoms with Gasteiger partial charge in [-0.25, -0.2) is 8.42 Å². The van der Waals surface area contributed by atoms with Gasteiger partial charge >= 0.3 is 0 Å². The van der Waals surface area contributed by atoms with Gasteiger partial charge in [-0.2, -0.15) is 4.31 Å². The molecule has 1 fully saturated rings. The monoisotopic (exact) mass is 409 g/mol. The summed E-state index contributed by atoms with van der Waals surface area (Å²) in [5, 5.41) is 12.2. The summed E-state index contributed by atoms with van der Waals surface area (Å²) in [7, 11) is -5.32. The van der Waals surface area contributed by atoms with Gasteiger partial charge in [0, 0.05) is 19.0 Å². The molecular weight excluding hydrogens is 374 g/mol. The zero-order chi connectivity index (χ0) is 20.5. The summed E-state index contributed by atoms with van der Waals surface area (Å²) in [5.74, 6) is -0.211. The fraction of sp³-hybridized carbons (Fsp3) is 0.619. The molecule has 0 radical (unpaired) electrons. The minimum absolute atomic E-state index is 0.211. The topological polar surface area (TPSA) is 57.6 Å². The highest BCUT2D eigenvalue weighted by Crippen LogP contribution is 2.41. The second-order valence-corrected chi connectivity index (χ2v) is 15.5. The van der Waals surface area contributed by atoms with Crippen LogP contribution in [0.3, 0.4) is 0 Å². The first kappa shape index (κ1) is 22.3. The largest absolute Gasteiger partial charge is 0.389 e. The van der Waals surface area contributed by atoms with E-state index in [1.165, 1.54) is 0 Å². The van der Waals surface area contributed by atoms with Crippen molar-refractivity contribution in [3.63, 3.8) is 0 Å². The van der Waals surface area contributed by atoms with Crippen LogP contribution in [-0.4, -0.2) is 44.6 Å². The maximum atomic E-state index is 13.2. The average Bonchev–Trinajstić information content (AvgIpc) is 2.63. The normalized spacial score (nSPS) is 24.7. The van der Waals surface area contributed by atoms with E-state index < -0.39 is 23.7 Å². The highest BCUT2D eigenvalue weighted by molar-refractivity contribution is 7.89. The van der Waals surface area contributed by atoms with Gasteiger partial charge in [0.25, 0.3) is 0 Å². The van der Waals surface area contributed by atoms with Crippen LogP contribution in [0.4, 0.5) is 0 Å². The minimum Gasteiger partial charge on any atom is -0.389 e. The number of rotatable bonds is 7. The first-order chi connectivity index (χ1) is 12.5. The van der Waals surface area contributed by atoms with E-state index in [4.69, 9.17) is 0 Å². The highest BCUT2D eigenvalue weighted by Gasteiger charge is 2.47. The van der Waals surface area contributed by atoms with Crippen molar-refractivity contribution in [2.45, 2.75) is 69.7 Å². The van der Waals surface area contributed by atoms with Crippen LogP contribution in [-0.2, 0) is 10.0 Å². The average molecular weight is 410 g/mol. The number of aryl methyl sites for hydroxylation is 1. The number of piperidine rings is 1. The zero-order valence-corrected chi connectivity index (χ0v) is 19.3. The molecule has 0 bridgehead atoms. The Morgan fingerprint density at radius 1 is 1.30 bits per heavy atom. The van der Waals surface area contributed by atoms with Crippen molar-refractivity contribution in [2.75, 3.05) is 13.1 Å². The molecular formula is C21H35NO3SSi. The lowest BCUT2D eigenvalue weighted by Gasteiger charge is -2.47. The molecule has 152 valence electrons. The van der Waals surface area contributed by atoms with Gasteiger partial charge < -0.3 is 5.11 Å². The number of benzene rings is 1. The summed E-state index contributed by atoms with van der Waals surface area (Å²) in [6.07, 6.45) is 0.434. The SMILES string of the molecule is C=C(C1CN(S(=O)(=O)c2cccc(C)c2)CCC1(C)O)[Si](CC)(CC)CC. The van der Waals surface area contributed by atoms with Crippen LogP contribution >= 0.6 is 0 Å². The summed E-state index contributed by atoms with van der Waals surface area (Å²) < 4.78 is 28.0. The molecule has 1 aliphatic rings. The highest BCUT2D eigenvalue weighted by atomic mass is 32.2. The molecule has 1 aromatic carbocycles. The first-order valence-corrected chi connectivity index (χ1v) is 14.1. The minimum atomic E-state index is -3.57. The van der Waals surface area contributed by atoms with E-state index in [0.29, 0.717) is 24.4 Å². The number of nitrogens with zero attached hydrogens (tertiary/aromatic N) is 1. The van der Waals surface area contributed by atoms with E-state index in [9.17, 15) is 13.5 Å². The summed E-state index contributed by atoms with van der Waals surface area (Å²) in [6.45, 7) is 15.5. The van der Waals surface area contributed by atoms with Gasteiger partial charge in [0.15, 0.2) is 0 Å². The van der Waals surface area contributed by atoms with Gasteiger partial charge in [0.1, 0.15) is 0 Å². The Morgan fingerprint density at radius 2 is 1.89 bits per heavy atom. The van der Waals surface area contributed by atoms with E-state index in [2.05, 4.69) is 27.4 Å². The van der Waals surface area contributed by atoms with Gasteiger partial charge in [-0.05, 0) is 38.0 Å². The molecule has 0 saturated carbocycles. The van der Waals surface area contributed by atoms with E-state index >= 15 is 0 Å². The fourth-order valence-corrected chi connectivity index (χ4v) is 10.0. The third-order valence-corrected chi connectivity index (χ3v) is 14.4. The van der Waals surface area contributed by atoms with Crippen LogP contribution in [0, 0.1) is 12.8 Å². The molecule has 1 heterocycles. The van der Waals surface area contributed by atoms with Crippen molar-refractivity contribution in [3.05, 3.63) is 41.6 Å². The van der Waals surface area contributed by atoms with Gasteiger partial charge in [0.05, 0.1) is 18.6 Å². The Hall–Kier alpha value is -0.953. The molecule has 1 aromatic rings. The maximum absolute atomic E-state index is 13.2. The lowest BCUT2D eigenvalue weighted by molar-refractivity contribution is -0.0240. The Balaban J connectivity index is 2.38. The van der Waals surface area contributed by atoms with Gasteiger partial charge in [0.2, 0.25) is 10.0 Å². The second-order valence-electron chi connectivity index (χ2n) is 8.21. The predicted octanol–water partition coefficient (Wildman–Crippen LogP) is 4.36. The fourth-order valence-electron chi connectivity index (χ4n) is 4.45. The molecule has 2 rings (SSSR count). The summed E-state index contributed by atoms with van der Waals surface area (Å²) in [5.41, 5.74) is 0.0171. The third-order valence-electron chi connectivity index (χ3n) is 6.76. The van der Waals surface area contributed by atoms with Crippen molar-refractivity contribution in [1.29, 1.82) is 0 Å². The number of aliphatic hydroxyl groups is 1. The Bertz CT molecular complexity index is 776. The summed E-state index contributed by atoms with van der Waals surface area (Å²) in [6, 6.07) is 10.3. The molecule has 0 aromatic heterocycles. The molecule has 6 heteroatoms. The molecule has 1 aliphatic heterocycles. The van der Waals surface area contributed by atoms with Crippen LogP contribution in [0.15, 0.2) is 40.9 Å². The van der Waals surface area contributed by atoms with Crippen LogP contribution in [0.1, 0.15) is 39.7 Å². The summed E-state index contributed by atoms with van der Waals surface area (Å²) >= 11 is 0. The Kier molecular flexibility index (Phi) is 6.78. The standard InChI is InChI=1S/C21H35NO3SSi/c1-7-27(8-2,9-3)18(5)20-16-22(14-13-21(20,6)23)26(24,25)19-12-10-11-17(4)15-19/h10-12,15,20,23H,5,7-9,13-14,16H2,1-4,6H3. The van der Waals surface area contributed by atoms with Crippen molar-refractivity contribution in [3.8, 4) is 0 Å². The van der Waals surface area contributed by atoms with Crippen molar-refractivity contribution < 1.29 is 13.5 Å². The first-order valence-electron chi connectivity index (χ1n) is 10.0. The van der Waals surface area contributed by atoms with Gasteiger partial charge in [-0.15, -0.1) is 6.58 Å². The maximum Gasteiger partial charge on any atom is 0.243 e. The van der Waals surface area contributed by atoms with Crippen molar-refractivity contribution >= 4 is 18.1 Å². The van der Waals surface area contributed by atoms with Crippen molar-refractivity contribution in [1.82, 2.24) is 4.31 Å². The van der Waals surface area contributed by atoms with Crippen LogP contribution in [0.2, 0.25) is 18.1 Å². The Labute approximate surface area is 166 Å². The molecule has 0 spiro atoms. The Morgan fingerprint density at radius 3 is 2.41 bits per heavy atom. The van der Waals surface area contributed by atoms with Crippen LogP contribution in [0.25, 0.3) is 0 Å². The number of sulfonamides is 1. The molecule has 1 N–H and O–H groups in total. The molecule has 2 atom stereocenters. The molecule has 0 aliphatic carbocycles. The van der Waals surface area contributed by atoms with E-state index in [0.717, 1.165) is 28.9 Å². The second kappa shape index (κ2) is 8.19. The third kappa shape index (κ3) is 4.24. The van der Waals surface area contributed by atoms with Gasteiger partial charge in [-0.1, -0.05) is 56.2 Å². The zero-order valence-electron chi connectivity index (χ0n) is 17.5. The van der Waals surface area contributed by atoms with E-state index in [-0.39, 0.29) is 5.92 Å². The predicted molar refractivity (Wildman–Crippen MR) is 115 cm³/mol. The van der Waals surface area contributed by atoms with Gasteiger partial charge in [-0.3, -0.25) is 0 Å². The molecule has 27 heavy (non-hydrogen) atoms. The molecule has 1 saturated heterocycles. The van der Waals surface area contributed by atoms with Crippen molar-refractivity contribution in [2.24, 2.45) is 5.92 Å². The smallest absolute Gasteiger partial charge is 0.243 e. The summed E-state index contributed by atoms with van der Waals surface area (Å²) in [4.78, 5) is 0.332. The molecule has 0 amide bonds. The lowest BCUT2D eigenvalue weighted by atomic mass is 9.83. The number of hydrogen-bond acceptors (Lipinski definition) is 3. The van der Waals surface area contributed by atoms with Crippen LogP contribution in [0.5, 0.6) is 0 Å². The van der Waals surface area contributed by atoms with E-state index in [1.54, 1.807) is 22.5 Å².